The number of carbonyl (C=O) groups is 2. The topological polar surface area (TPSA) is 65.1 Å². The largest absolute Gasteiger partial charge is 0.444 e. The molecule has 128 valence electrons. The molecule has 2 atom stereocenters. The van der Waals surface area contributed by atoms with Gasteiger partial charge in [0.2, 0.25) is 0 Å². The van der Waals surface area contributed by atoms with Crippen LogP contribution in [0.2, 0.25) is 0 Å². The van der Waals surface area contributed by atoms with E-state index in [1.807, 2.05) is 34.6 Å². The molecule has 0 saturated carbocycles. The minimum absolute atomic E-state index is 0.00916. The Morgan fingerprint density at radius 1 is 1.32 bits per heavy atom. The molecule has 22 heavy (non-hydrogen) atoms. The van der Waals surface area contributed by atoms with Gasteiger partial charge >= 0.3 is 6.09 Å². The third-order valence-electron chi connectivity index (χ3n) is 3.55. The summed E-state index contributed by atoms with van der Waals surface area (Å²) in [5.41, 5.74) is -0.550. The zero-order valence-electron chi connectivity index (χ0n) is 14.5. The predicted octanol–water partition coefficient (Wildman–Crippen LogP) is 2.11. The summed E-state index contributed by atoms with van der Waals surface area (Å²) in [6.07, 6.45) is -1.01. The van der Waals surface area contributed by atoms with Gasteiger partial charge in [-0.25, -0.2) is 4.79 Å². The van der Waals surface area contributed by atoms with E-state index in [1.54, 1.807) is 12.0 Å². The molecule has 0 radical (unpaired) electrons. The highest BCUT2D eigenvalue weighted by Crippen LogP contribution is 2.19. The lowest BCUT2D eigenvalue weighted by molar-refractivity contribution is -0.143. The molecule has 1 amide bonds. The number of ether oxygens (including phenoxy) is 3. The second kappa shape index (κ2) is 7.92. The van der Waals surface area contributed by atoms with Crippen LogP contribution in [-0.4, -0.2) is 61.9 Å². The first-order valence-corrected chi connectivity index (χ1v) is 7.78. The molecule has 0 spiro atoms. The number of carbonyl (C=O) groups excluding carboxylic acids is 2. The average molecular weight is 315 g/mol. The number of amides is 1. The van der Waals surface area contributed by atoms with Crippen molar-refractivity contribution in [1.82, 2.24) is 4.90 Å². The molecular weight excluding hydrogens is 286 g/mol. The average Bonchev–Trinajstić information content (AvgIpc) is 2.42. The Morgan fingerprint density at radius 3 is 2.45 bits per heavy atom. The highest BCUT2D eigenvalue weighted by Gasteiger charge is 2.35. The van der Waals surface area contributed by atoms with E-state index < -0.39 is 17.8 Å². The maximum Gasteiger partial charge on any atom is 0.410 e. The van der Waals surface area contributed by atoms with Gasteiger partial charge in [0.1, 0.15) is 11.7 Å². The summed E-state index contributed by atoms with van der Waals surface area (Å²) in [6.45, 7) is 10.8. The summed E-state index contributed by atoms with van der Waals surface area (Å²) < 4.78 is 16.1. The molecule has 2 unspecified atom stereocenters. The first-order chi connectivity index (χ1) is 10.2. The molecule has 0 N–H and O–H groups in total. The van der Waals surface area contributed by atoms with Crippen LogP contribution in [-0.2, 0) is 19.0 Å². The summed E-state index contributed by atoms with van der Waals surface area (Å²) in [5, 5.41) is 0. The lowest BCUT2D eigenvalue weighted by Gasteiger charge is -2.35. The van der Waals surface area contributed by atoms with Crippen molar-refractivity contribution < 1.29 is 23.8 Å². The summed E-state index contributed by atoms with van der Waals surface area (Å²) in [6, 6.07) is 0. The Labute approximate surface area is 133 Å². The van der Waals surface area contributed by atoms with E-state index in [9.17, 15) is 9.59 Å². The van der Waals surface area contributed by atoms with Gasteiger partial charge in [-0.3, -0.25) is 4.79 Å². The fourth-order valence-corrected chi connectivity index (χ4v) is 2.34. The van der Waals surface area contributed by atoms with Crippen molar-refractivity contribution in [2.75, 3.05) is 33.4 Å². The first kappa shape index (κ1) is 18.9. The summed E-state index contributed by atoms with van der Waals surface area (Å²) in [7, 11) is 1.58. The fraction of sp³-hybridized carbons (Fsp3) is 0.875. The SMILES string of the molecule is COCC(C(=O)C1CN(C(=O)OC(C)(C)C)CCO1)C(C)C. The third kappa shape index (κ3) is 5.57. The van der Waals surface area contributed by atoms with E-state index in [0.29, 0.717) is 19.8 Å². The van der Waals surface area contributed by atoms with Crippen LogP contribution < -0.4 is 0 Å². The third-order valence-corrected chi connectivity index (χ3v) is 3.55. The number of hydrogen-bond acceptors (Lipinski definition) is 5. The molecular formula is C16H29NO5. The van der Waals surface area contributed by atoms with Gasteiger partial charge in [0.25, 0.3) is 0 Å². The minimum atomic E-state index is -0.608. The van der Waals surface area contributed by atoms with Crippen LogP contribution in [0, 0.1) is 11.8 Å². The normalized spacial score (nSPS) is 20.9. The zero-order valence-corrected chi connectivity index (χ0v) is 14.5. The van der Waals surface area contributed by atoms with Gasteiger partial charge in [-0.2, -0.15) is 0 Å². The molecule has 6 heteroatoms. The number of hydrogen-bond donors (Lipinski definition) is 0. The van der Waals surface area contributed by atoms with Gasteiger partial charge in [-0.05, 0) is 26.7 Å². The van der Waals surface area contributed by atoms with E-state index in [1.165, 1.54) is 0 Å². The molecule has 1 aliphatic rings. The summed E-state index contributed by atoms with van der Waals surface area (Å²) in [4.78, 5) is 26.3. The molecule has 0 aromatic carbocycles. The first-order valence-electron chi connectivity index (χ1n) is 7.78. The second-order valence-corrected chi connectivity index (χ2v) is 6.99. The molecule has 0 aliphatic carbocycles. The van der Waals surface area contributed by atoms with Gasteiger partial charge in [0, 0.05) is 19.6 Å². The van der Waals surface area contributed by atoms with Crippen molar-refractivity contribution in [1.29, 1.82) is 0 Å². The smallest absolute Gasteiger partial charge is 0.410 e. The molecule has 1 aliphatic heterocycles. The van der Waals surface area contributed by atoms with Crippen LogP contribution >= 0.6 is 0 Å². The number of methoxy groups -OCH3 is 1. The highest BCUT2D eigenvalue weighted by molar-refractivity contribution is 5.86. The van der Waals surface area contributed by atoms with Gasteiger partial charge in [0.05, 0.1) is 19.8 Å². The Balaban J connectivity index is 2.69. The number of rotatable bonds is 5. The maximum atomic E-state index is 12.6. The minimum Gasteiger partial charge on any atom is -0.444 e. The number of nitrogens with zero attached hydrogens (tertiary/aromatic N) is 1. The Bertz CT molecular complexity index is 388. The quantitative estimate of drug-likeness (QED) is 0.777. The van der Waals surface area contributed by atoms with Crippen LogP contribution in [0.4, 0.5) is 4.79 Å². The van der Waals surface area contributed by atoms with Crippen molar-refractivity contribution in [2.24, 2.45) is 11.8 Å². The van der Waals surface area contributed by atoms with Crippen molar-refractivity contribution >= 4 is 11.9 Å². The molecule has 6 nitrogen and oxygen atoms in total. The highest BCUT2D eigenvalue weighted by atomic mass is 16.6. The van der Waals surface area contributed by atoms with Gasteiger partial charge in [-0.1, -0.05) is 13.8 Å². The standard InChI is InChI=1S/C16H29NO5/c1-11(2)12(10-20-6)14(18)13-9-17(7-8-21-13)15(19)22-16(3,4)5/h11-13H,7-10H2,1-6H3. The van der Waals surface area contributed by atoms with E-state index in [0.717, 1.165) is 0 Å². The van der Waals surface area contributed by atoms with Crippen LogP contribution in [0.3, 0.4) is 0 Å². The summed E-state index contributed by atoms with van der Waals surface area (Å²) in [5.74, 6) is -0.0772. The van der Waals surface area contributed by atoms with E-state index in [2.05, 4.69) is 0 Å². The Hall–Kier alpha value is -1.14. The lowest BCUT2D eigenvalue weighted by atomic mass is 9.89. The van der Waals surface area contributed by atoms with Gasteiger partial charge < -0.3 is 19.1 Å². The van der Waals surface area contributed by atoms with Gasteiger partial charge in [0.15, 0.2) is 5.78 Å². The van der Waals surface area contributed by atoms with Crippen molar-refractivity contribution in [3.05, 3.63) is 0 Å². The molecule has 1 rings (SSSR count). The summed E-state index contributed by atoms with van der Waals surface area (Å²) >= 11 is 0. The van der Waals surface area contributed by atoms with E-state index >= 15 is 0 Å². The molecule has 0 bridgehead atoms. The zero-order chi connectivity index (χ0) is 16.9. The van der Waals surface area contributed by atoms with Gasteiger partial charge in [-0.15, -0.1) is 0 Å². The van der Waals surface area contributed by atoms with E-state index in [4.69, 9.17) is 14.2 Å². The Kier molecular flexibility index (Phi) is 6.81. The van der Waals surface area contributed by atoms with Crippen molar-refractivity contribution in [3.63, 3.8) is 0 Å². The van der Waals surface area contributed by atoms with Crippen molar-refractivity contribution in [2.45, 2.75) is 46.3 Å². The number of morpholine rings is 1. The fourth-order valence-electron chi connectivity index (χ4n) is 2.34. The number of ketones is 1. The van der Waals surface area contributed by atoms with Crippen LogP contribution in [0.15, 0.2) is 0 Å². The second-order valence-electron chi connectivity index (χ2n) is 6.99. The molecule has 1 fully saturated rings. The molecule has 0 aromatic rings. The number of Topliss-reactive ketones (excluding diaryl/α,β-unsaturated/α-hetero) is 1. The van der Waals surface area contributed by atoms with Crippen molar-refractivity contribution in [3.8, 4) is 0 Å². The monoisotopic (exact) mass is 315 g/mol. The molecule has 0 aromatic heterocycles. The van der Waals surface area contributed by atoms with Crippen LogP contribution in [0.25, 0.3) is 0 Å². The lowest BCUT2D eigenvalue weighted by Crippen LogP contribution is -2.51. The Morgan fingerprint density at radius 2 is 1.95 bits per heavy atom. The predicted molar refractivity (Wildman–Crippen MR) is 82.8 cm³/mol. The van der Waals surface area contributed by atoms with E-state index in [-0.39, 0.29) is 24.2 Å². The van der Waals surface area contributed by atoms with Crippen LogP contribution in [0.1, 0.15) is 34.6 Å². The maximum absolute atomic E-state index is 12.6. The van der Waals surface area contributed by atoms with Crippen LogP contribution in [0.5, 0.6) is 0 Å². The molecule has 1 heterocycles. The molecule has 1 saturated heterocycles.